The van der Waals surface area contributed by atoms with Crippen molar-refractivity contribution in [3.63, 3.8) is 0 Å². The Labute approximate surface area is 189 Å². The first-order valence-corrected chi connectivity index (χ1v) is 11.4. The average Bonchev–Trinajstić information content (AvgIpc) is 2.67. The van der Waals surface area contributed by atoms with Crippen molar-refractivity contribution in [3.8, 4) is 0 Å². The van der Waals surface area contributed by atoms with Crippen molar-refractivity contribution in [2.75, 3.05) is 11.9 Å². The molecule has 0 aliphatic carbocycles. The zero-order valence-corrected chi connectivity index (χ0v) is 19.2. The molecule has 2 aromatic rings. The van der Waals surface area contributed by atoms with Gasteiger partial charge in [0.2, 0.25) is 10.0 Å². The van der Waals surface area contributed by atoms with Crippen molar-refractivity contribution in [3.05, 3.63) is 57.8 Å². The van der Waals surface area contributed by atoms with Gasteiger partial charge in [0.05, 0.1) is 21.3 Å². The van der Waals surface area contributed by atoms with Crippen LogP contribution in [0, 0.1) is 11.7 Å². The van der Waals surface area contributed by atoms with Gasteiger partial charge < -0.3 is 10.1 Å². The molecule has 7 nitrogen and oxygen atoms in total. The fourth-order valence-corrected chi connectivity index (χ4v) is 4.38. The summed E-state index contributed by atoms with van der Waals surface area (Å²) >= 11 is 12.0. The van der Waals surface area contributed by atoms with Crippen molar-refractivity contribution < 1.29 is 27.1 Å². The van der Waals surface area contributed by atoms with Crippen LogP contribution < -0.4 is 10.0 Å². The van der Waals surface area contributed by atoms with Gasteiger partial charge in [-0.05, 0) is 37.1 Å². The lowest BCUT2D eigenvalue weighted by Gasteiger charge is -2.16. The summed E-state index contributed by atoms with van der Waals surface area (Å²) < 4.78 is 46.2. The van der Waals surface area contributed by atoms with Crippen LogP contribution >= 0.6 is 23.2 Å². The molecule has 2 aromatic carbocycles. The molecule has 2 rings (SSSR count). The Morgan fingerprint density at radius 2 is 1.74 bits per heavy atom. The molecule has 31 heavy (non-hydrogen) atoms. The van der Waals surface area contributed by atoms with E-state index in [9.17, 15) is 22.4 Å². The Balaban J connectivity index is 2.21. The lowest BCUT2D eigenvalue weighted by Crippen LogP contribution is -2.31. The minimum Gasteiger partial charge on any atom is -0.449 e. The maximum Gasteiger partial charge on any atom is 0.340 e. The topological polar surface area (TPSA) is 102 Å². The van der Waals surface area contributed by atoms with Crippen LogP contribution in [0.2, 0.25) is 10.0 Å². The van der Waals surface area contributed by atoms with Crippen LogP contribution in [-0.4, -0.2) is 32.9 Å². The van der Waals surface area contributed by atoms with Crippen LogP contribution in [0.15, 0.2) is 41.3 Å². The molecule has 11 heteroatoms. The van der Waals surface area contributed by atoms with Crippen molar-refractivity contribution in [1.82, 2.24) is 4.72 Å². The third kappa shape index (κ3) is 6.64. The van der Waals surface area contributed by atoms with E-state index in [2.05, 4.69) is 10.0 Å². The smallest absolute Gasteiger partial charge is 0.340 e. The highest BCUT2D eigenvalue weighted by Gasteiger charge is 2.26. The maximum atomic E-state index is 13.7. The minimum atomic E-state index is -4.02. The Kier molecular flexibility index (Phi) is 8.41. The number of nitrogens with one attached hydrogen (secondary N) is 2. The number of amides is 1. The first-order chi connectivity index (χ1) is 14.4. The third-order valence-corrected chi connectivity index (χ3v) is 6.20. The monoisotopic (exact) mass is 490 g/mol. The van der Waals surface area contributed by atoms with Gasteiger partial charge in [0.15, 0.2) is 6.10 Å². The average molecular weight is 491 g/mol. The summed E-state index contributed by atoms with van der Waals surface area (Å²) in [5, 5.41) is 1.97. The van der Waals surface area contributed by atoms with E-state index in [0.29, 0.717) is 0 Å². The lowest BCUT2D eigenvalue weighted by molar-refractivity contribution is -0.123. The second-order valence-electron chi connectivity index (χ2n) is 7.02. The number of carbonyl (C=O) groups excluding carboxylic acids is 2. The number of esters is 1. The third-order valence-electron chi connectivity index (χ3n) is 4.00. The molecule has 0 saturated carbocycles. The number of benzene rings is 2. The second kappa shape index (κ2) is 10.4. The Morgan fingerprint density at radius 3 is 2.35 bits per heavy atom. The van der Waals surface area contributed by atoms with Crippen LogP contribution in [0.3, 0.4) is 0 Å². The quantitative estimate of drug-likeness (QED) is 0.538. The number of para-hydroxylation sites is 1. The molecule has 0 heterocycles. The molecule has 0 aromatic heterocycles. The fraction of sp³-hybridized carbons (Fsp3) is 0.300. The molecule has 1 atom stereocenters. The molecular formula is C20H21Cl2FN2O5S. The normalized spacial score (nSPS) is 12.5. The predicted octanol–water partition coefficient (Wildman–Crippen LogP) is 4.25. The number of rotatable bonds is 8. The van der Waals surface area contributed by atoms with Gasteiger partial charge in [-0.25, -0.2) is 22.3 Å². The Morgan fingerprint density at radius 1 is 1.10 bits per heavy atom. The van der Waals surface area contributed by atoms with Gasteiger partial charge in [-0.15, -0.1) is 0 Å². The van der Waals surface area contributed by atoms with Gasteiger partial charge in [0, 0.05) is 6.54 Å². The Hall–Kier alpha value is -2.20. The van der Waals surface area contributed by atoms with E-state index in [0.717, 1.165) is 18.2 Å². The van der Waals surface area contributed by atoms with Crippen molar-refractivity contribution >= 4 is 50.8 Å². The first kappa shape index (κ1) is 25.1. The summed E-state index contributed by atoms with van der Waals surface area (Å²) in [7, 11) is -4.02. The Bertz CT molecular complexity index is 1090. The number of hydrogen-bond donors (Lipinski definition) is 2. The van der Waals surface area contributed by atoms with E-state index in [1.54, 1.807) is 0 Å². The summed E-state index contributed by atoms with van der Waals surface area (Å²) in [5.41, 5.74) is -0.369. The largest absolute Gasteiger partial charge is 0.449 e. The number of sulfonamides is 1. The summed E-state index contributed by atoms with van der Waals surface area (Å²) in [4.78, 5) is 24.4. The van der Waals surface area contributed by atoms with E-state index in [4.69, 9.17) is 27.9 Å². The zero-order chi connectivity index (χ0) is 23.3. The molecule has 0 spiro atoms. The second-order valence-corrected chi connectivity index (χ2v) is 9.57. The van der Waals surface area contributed by atoms with E-state index < -0.39 is 33.8 Å². The highest BCUT2D eigenvalue weighted by Crippen LogP contribution is 2.29. The van der Waals surface area contributed by atoms with E-state index >= 15 is 0 Å². The molecule has 1 amide bonds. The maximum absolute atomic E-state index is 13.7. The summed E-state index contributed by atoms with van der Waals surface area (Å²) in [5.74, 6) is -2.44. The van der Waals surface area contributed by atoms with E-state index in [1.165, 1.54) is 25.1 Å². The van der Waals surface area contributed by atoms with Crippen molar-refractivity contribution in [1.29, 1.82) is 0 Å². The van der Waals surface area contributed by atoms with Gasteiger partial charge in [-0.1, -0.05) is 49.2 Å². The zero-order valence-electron chi connectivity index (χ0n) is 16.9. The number of anilines is 1. The minimum absolute atomic E-state index is 0.0408. The first-order valence-electron chi connectivity index (χ1n) is 9.17. The van der Waals surface area contributed by atoms with Gasteiger partial charge >= 0.3 is 5.97 Å². The molecular weight excluding hydrogens is 470 g/mol. The lowest BCUT2D eigenvalue weighted by atomic mass is 10.2. The van der Waals surface area contributed by atoms with Crippen molar-refractivity contribution in [2.24, 2.45) is 5.92 Å². The number of halogens is 3. The molecule has 0 aliphatic heterocycles. The fourth-order valence-electron chi connectivity index (χ4n) is 2.32. The highest BCUT2D eigenvalue weighted by atomic mass is 35.5. The SMILES string of the molecule is CC(C)CNS(=O)(=O)c1cc(C(=O)O[C@H](C)C(=O)Nc2ccccc2F)c(Cl)cc1Cl. The van der Waals surface area contributed by atoms with Gasteiger partial charge in [0.1, 0.15) is 10.7 Å². The van der Waals surface area contributed by atoms with Gasteiger partial charge in [-0.2, -0.15) is 0 Å². The van der Waals surface area contributed by atoms with Gasteiger partial charge in [-0.3, -0.25) is 4.79 Å². The van der Waals surface area contributed by atoms with Crippen LogP contribution in [0.1, 0.15) is 31.1 Å². The molecule has 168 valence electrons. The molecule has 0 aliphatic rings. The molecule has 0 saturated heterocycles. The van der Waals surface area contributed by atoms with Crippen LogP contribution in [0.25, 0.3) is 0 Å². The highest BCUT2D eigenvalue weighted by molar-refractivity contribution is 7.89. The van der Waals surface area contributed by atoms with E-state index in [1.807, 2.05) is 13.8 Å². The molecule has 0 fully saturated rings. The number of ether oxygens (including phenoxy) is 1. The van der Waals surface area contributed by atoms with Gasteiger partial charge in [0.25, 0.3) is 5.91 Å². The molecule has 0 unspecified atom stereocenters. The summed E-state index contributed by atoms with van der Waals surface area (Å²) in [6.45, 7) is 5.08. The number of hydrogen-bond acceptors (Lipinski definition) is 5. The van der Waals surface area contributed by atoms with Crippen LogP contribution in [0.4, 0.5) is 10.1 Å². The number of carbonyl (C=O) groups is 2. The van der Waals surface area contributed by atoms with E-state index in [-0.39, 0.29) is 38.7 Å². The molecule has 0 bridgehead atoms. The molecule has 0 radical (unpaired) electrons. The summed E-state index contributed by atoms with van der Waals surface area (Å²) in [6.07, 6.45) is -1.32. The van der Waals surface area contributed by atoms with Crippen LogP contribution in [-0.2, 0) is 19.6 Å². The van der Waals surface area contributed by atoms with Crippen molar-refractivity contribution in [2.45, 2.75) is 31.8 Å². The standard InChI is InChI=1S/C20H21Cl2FN2O5S/c1-11(2)10-24-31(28,29)18-8-13(14(21)9-15(18)22)20(27)30-12(3)19(26)25-17-7-5-4-6-16(17)23/h4-9,11-12,24H,10H2,1-3H3,(H,25,26)/t12-/m1/s1. The molecule has 2 N–H and O–H groups in total. The predicted molar refractivity (Wildman–Crippen MR) is 116 cm³/mol. The van der Waals surface area contributed by atoms with Crippen LogP contribution in [0.5, 0.6) is 0 Å². The summed E-state index contributed by atoms with van der Waals surface area (Å²) in [6, 6.07) is 7.58.